The second-order valence-corrected chi connectivity index (χ2v) is 14.7. The van der Waals surface area contributed by atoms with Crippen molar-refractivity contribution >= 4 is 70.1 Å². The second-order valence-electron chi connectivity index (χ2n) is 13.7. The minimum absolute atomic E-state index is 0.0789. The van der Waals surface area contributed by atoms with Gasteiger partial charge in [-0.3, -0.25) is 0 Å². The van der Waals surface area contributed by atoms with E-state index >= 15 is 0 Å². The summed E-state index contributed by atoms with van der Waals surface area (Å²) >= 11 is 1.91. The highest BCUT2D eigenvalue weighted by Crippen LogP contribution is 2.54. The fourth-order valence-corrected chi connectivity index (χ4v) is 9.65. The molecule has 0 spiro atoms. The van der Waals surface area contributed by atoms with Gasteiger partial charge in [0.25, 0.3) is 0 Å². The van der Waals surface area contributed by atoms with Crippen LogP contribution in [0.1, 0.15) is 25.0 Å². The first-order chi connectivity index (χ1) is 24.1. The van der Waals surface area contributed by atoms with Gasteiger partial charge in [0.15, 0.2) is 0 Å². The van der Waals surface area contributed by atoms with Gasteiger partial charge in [0.2, 0.25) is 0 Å². The Bertz CT molecular complexity index is 2740. The summed E-state index contributed by atoms with van der Waals surface area (Å²) in [5.74, 6) is 0. The molecule has 0 radical (unpaired) electrons. The Morgan fingerprint density at radius 1 is 0.429 bits per heavy atom. The molecule has 10 rings (SSSR count). The first-order valence-electron chi connectivity index (χ1n) is 17.0. The standard InChI is InChI=1S/C47H33NS/c1-47(2)40-20-8-7-17-39(40)44-41(47)21-11-23-43(44)48(42-22-9-14-30-12-3-5-15-34(30)42)33-27-24-32(25-28-33)36-18-10-19-37-38-29-26-31-13-4-6-16-35(31)46(38)49-45(36)37/h3-29H,1-2H3. The van der Waals surface area contributed by atoms with Crippen LogP contribution in [0.3, 0.4) is 0 Å². The van der Waals surface area contributed by atoms with E-state index in [1.165, 1.54) is 86.5 Å². The van der Waals surface area contributed by atoms with Gasteiger partial charge in [-0.05, 0) is 68.2 Å². The Kier molecular flexibility index (Phi) is 6.16. The summed E-state index contributed by atoms with van der Waals surface area (Å²) in [6, 6.07) is 60.5. The number of hydrogen-bond acceptors (Lipinski definition) is 2. The lowest BCUT2D eigenvalue weighted by Gasteiger charge is -2.30. The fourth-order valence-electron chi connectivity index (χ4n) is 8.28. The largest absolute Gasteiger partial charge is 0.309 e. The maximum Gasteiger partial charge on any atom is 0.0543 e. The van der Waals surface area contributed by atoms with Crippen molar-refractivity contribution in [1.29, 1.82) is 0 Å². The minimum Gasteiger partial charge on any atom is -0.309 e. The van der Waals surface area contributed by atoms with Crippen molar-refractivity contribution in [2.75, 3.05) is 4.90 Å². The van der Waals surface area contributed by atoms with E-state index in [-0.39, 0.29) is 5.41 Å². The first-order valence-corrected chi connectivity index (χ1v) is 17.8. The zero-order chi connectivity index (χ0) is 32.7. The highest BCUT2D eigenvalue weighted by molar-refractivity contribution is 7.27. The van der Waals surface area contributed by atoms with Crippen LogP contribution < -0.4 is 4.90 Å². The third kappa shape index (κ3) is 4.17. The Hall–Kier alpha value is -5.70. The van der Waals surface area contributed by atoms with Crippen LogP contribution in [-0.4, -0.2) is 0 Å². The van der Waals surface area contributed by atoms with Crippen molar-refractivity contribution in [2.45, 2.75) is 19.3 Å². The molecule has 0 amide bonds. The summed E-state index contributed by atoms with van der Waals surface area (Å²) in [5.41, 5.74) is 11.4. The van der Waals surface area contributed by atoms with Gasteiger partial charge in [0.05, 0.1) is 11.4 Å². The van der Waals surface area contributed by atoms with Gasteiger partial charge in [0.1, 0.15) is 0 Å². The molecule has 0 aliphatic heterocycles. The molecule has 0 atom stereocenters. The lowest BCUT2D eigenvalue weighted by Crippen LogP contribution is -2.16. The molecule has 2 heteroatoms. The summed E-state index contributed by atoms with van der Waals surface area (Å²) < 4.78 is 2.70. The van der Waals surface area contributed by atoms with Gasteiger partial charge < -0.3 is 4.90 Å². The molecular formula is C47H33NS. The summed E-state index contributed by atoms with van der Waals surface area (Å²) in [4.78, 5) is 2.48. The SMILES string of the molecule is CC1(C)c2ccccc2-c2c(N(c3ccc(-c4cccc5c4sc4c6ccccc6ccc54)cc3)c3cccc4ccccc34)cccc21. The molecule has 1 aromatic heterocycles. The van der Waals surface area contributed by atoms with E-state index in [4.69, 9.17) is 0 Å². The lowest BCUT2D eigenvalue weighted by molar-refractivity contribution is 0.660. The van der Waals surface area contributed by atoms with Crippen LogP contribution >= 0.6 is 11.3 Å². The van der Waals surface area contributed by atoms with E-state index in [1.54, 1.807) is 0 Å². The van der Waals surface area contributed by atoms with Crippen LogP contribution in [0.25, 0.3) is 64.0 Å². The van der Waals surface area contributed by atoms with Crippen LogP contribution in [0.2, 0.25) is 0 Å². The molecule has 0 bridgehead atoms. The fraction of sp³-hybridized carbons (Fsp3) is 0.0638. The van der Waals surface area contributed by atoms with E-state index in [2.05, 4.69) is 183 Å². The Morgan fingerprint density at radius 3 is 1.88 bits per heavy atom. The van der Waals surface area contributed by atoms with Crippen molar-refractivity contribution in [3.05, 3.63) is 175 Å². The minimum atomic E-state index is -0.0789. The molecule has 49 heavy (non-hydrogen) atoms. The molecule has 1 nitrogen and oxygen atoms in total. The molecule has 8 aromatic carbocycles. The number of benzene rings is 8. The molecule has 9 aromatic rings. The first kappa shape index (κ1) is 28.3. The van der Waals surface area contributed by atoms with Gasteiger partial charge in [-0.25, -0.2) is 0 Å². The maximum absolute atomic E-state index is 2.48. The number of fused-ring (bicyclic) bond motifs is 9. The number of hydrogen-bond donors (Lipinski definition) is 0. The van der Waals surface area contributed by atoms with Gasteiger partial charge in [-0.15, -0.1) is 11.3 Å². The van der Waals surface area contributed by atoms with Crippen molar-refractivity contribution in [2.24, 2.45) is 0 Å². The van der Waals surface area contributed by atoms with E-state index in [9.17, 15) is 0 Å². The Labute approximate surface area is 290 Å². The number of thiophene rings is 1. The average molecular weight is 644 g/mol. The van der Waals surface area contributed by atoms with Crippen LogP contribution in [0.5, 0.6) is 0 Å². The number of nitrogens with zero attached hydrogens (tertiary/aromatic N) is 1. The van der Waals surface area contributed by atoms with Crippen LogP contribution in [0.4, 0.5) is 17.1 Å². The monoisotopic (exact) mass is 643 g/mol. The molecule has 1 aliphatic carbocycles. The van der Waals surface area contributed by atoms with Gasteiger partial charge >= 0.3 is 0 Å². The summed E-state index contributed by atoms with van der Waals surface area (Å²) in [5, 5.41) is 7.75. The van der Waals surface area contributed by atoms with Gasteiger partial charge in [-0.1, -0.05) is 153 Å². The molecule has 0 N–H and O–H groups in total. The molecule has 0 fully saturated rings. The third-order valence-electron chi connectivity index (χ3n) is 10.7. The normalized spacial score (nSPS) is 13.3. The highest BCUT2D eigenvalue weighted by Gasteiger charge is 2.37. The highest BCUT2D eigenvalue weighted by atomic mass is 32.1. The van der Waals surface area contributed by atoms with Crippen molar-refractivity contribution in [3.8, 4) is 22.3 Å². The number of rotatable bonds is 4. The third-order valence-corrected chi connectivity index (χ3v) is 11.9. The van der Waals surface area contributed by atoms with Crippen LogP contribution in [0.15, 0.2) is 164 Å². The summed E-state index contributed by atoms with van der Waals surface area (Å²) in [6.45, 7) is 4.71. The van der Waals surface area contributed by atoms with E-state index in [0.717, 1.165) is 5.69 Å². The quantitative estimate of drug-likeness (QED) is 0.184. The zero-order valence-corrected chi connectivity index (χ0v) is 28.3. The lowest BCUT2D eigenvalue weighted by atomic mass is 9.82. The molecule has 0 saturated heterocycles. The summed E-state index contributed by atoms with van der Waals surface area (Å²) in [6.07, 6.45) is 0. The second kappa shape index (κ2) is 10.7. The van der Waals surface area contributed by atoms with Crippen molar-refractivity contribution in [1.82, 2.24) is 0 Å². The van der Waals surface area contributed by atoms with Crippen LogP contribution in [-0.2, 0) is 5.41 Å². The van der Waals surface area contributed by atoms with Crippen molar-refractivity contribution < 1.29 is 0 Å². The van der Waals surface area contributed by atoms with Gasteiger partial charge in [0, 0.05) is 42.2 Å². The molecule has 1 heterocycles. The van der Waals surface area contributed by atoms with E-state index in [0.29, 0.717) is 0 Å². The Morgan fingerprint density at radius 2 is 1.02 bits per heavy atom. The summed E-state index contributed by atoms with van der Waals surface area (Å²) in [7, 11) is 0. The Balaban J connectivity index is 1.18. The molecule has 0 saturated carbocycles. The predicted octanol–water partition coefficient (Wildman–Crippen LogP) is 13.8. The molecular weight excluding hydrogens is 611 g/mol. The van der Waals surface area contributed by atoms with Crippen LogP contribution in [0, 0.1) is 0 Å². The van der Waals surface area contributed by atoms with Crippen molar-refractivity contribution in [3.63, 3.8) is 0 Å². The maximum atomic E-state index is 2.48. The van der Waals surface area contributed by atoms with E-state index < -0.39 is 0 Å². The predicted molar refractivity (Wildman–Crippen MR) is 212 cm³/mol. The average Bonchev–Trinajstić information content (AvgIpc) is 3.65. The number of anilines is 3. The zero-order valence-electron chi connectivity index (χ0n) is 27.4. The van der Waals surface area contributed by atoms with E-state index in [1.807, 2.05) is 11.3 Å². The molecule has 0 unspecified atom stereocenters. The topological polar surface area (TPSA) is 3.24 Å². The smallest absolute Gasteiger partial charge is 0.0543 e. The molecule has 1 aliphatic rings. The molecule has 232 valence electrons. The van der Waals surface area contributed by atoms with Gasteiger partial charge in [-0.2, -0.15) is 0 Å².